The maximum absolute atomic E-state index is 13.3. The van der Waals surface area contributed by atoms with Gasteiger partial charge in [0.1, 0.15) is 11.6 Å². The van der Waals surface area contributed by atoms with Gasteiger partial charge in [0.2, 0.25) is 5.91 Å². The fourth-order valence-corrected chi connectivity index (χ4v) is 3.37. The highest BCUT2D eigenvalue weighted by atomic mass is 19.1. The van der Waals surface area contributed by atoms with Gasteiger partial charge in [-0.1, -0.05) is 42.5 Å². The minimum Gasteiger partial charge on any atom is -0.350 e. The molecule has 5 heteroatoms. The summed E-state index contributed by atoms with van der Waals surface area (Å²) in [6.07, 6.45) is 11.2. The average molecular weight is 433 g/mol. The minimum absolute atomic E-state index is 0.0430. The molecule has 1 atom stereocenters. The third-order valence-corrected chi connectivity index (χ3v) is 5.03. The standard InChI is InChI=1S/C27H26F2N2O/c1-20(5-2-6-21-7-4-18-30-19-21)31-27(32)9-3-8-26(22-10-14-24(28)15-11-22)23-12-16-25(29)17-13-23/h3-4,7-20H,2,5-6H2,1H3,(H,31,32)/t20-/m0/s1. The van der Waals surface area contributed by atoms with Crippen molar-refractivity contribution in [1.29, 1.82) is 0 Å². The number of pyridine rings is 1. The smallest absolute Gasteiger partial charge is 0.244 e. The minimum atomic E-state index is -0.334. The molecule has 1 amide bonds. The molecule has 0 spiro atoms. The second kappa shape index (κ2) is 11.7. The van der Waals surface area contributed by atoms with Crippen molar-refractivity contribution in [2.75, 3.05) is 0 Å². The van der Waals surface area contributed by atoms with Crippen LogP contribution in [0.3, 0.4) is 0 Å². The van der Waals surface area contributed by atoms with Crippen LogP contribution in [0.15, 0.2) is 91.3 Å². The van der Waals surface area contributed by atoms with Gasteiger partial charge in [-0.25, -0.2) is 8.78 Å². The molecule has 0 radical (unpaired) electrons. The van der Waals surface area contributed by atoms with Crippen molar-refractivity contribution in [3.63, 3.8) is 0 Å². The van der Waals surface area contributed by atoms with Gasteiger partial charge in [0.05, 0.1) is 0 Å². The average Bonchev–Trinajstić information content (AvgIpc) is 2.79. The number of amides is 1. The Bertz CT molecular complexity index is 1010. The Morgan fingerprint density at radius 1 is 1.00 bits per heavy atom. The number of carbonyl (C=O) groups is 1. The predicted octanol–water partition coefficient (Wildman–Crippen LogP) is 5.88. The fraction of sp³-hybridized carbons (Fsp3) is 0.185. The third kappa shape index (κ3) is 7.27. The highest BCUT2D eigenvalue weighted by Gasteiger charge is 2.07. The van der Waals surface area contributed by atoms with E-state index in [-0.39, 0.29) is 23.6 Å². The Morgan fingerprint density at radius 2 is 1.62 bits per heavy atom. The van der Waals surface area contributed by atoms with Crippen LogP contribution in [0.2, 0.25) is 0 Å². The fourth-order valence-electron chi connectivity index (χ4n) is 3.37. The van der Waals surface area contributed by atoms with Crippen LogP contribution in [0.25, 0.3) is 5.57 Å². The van der Waals surface area contributed by atoms with Crippen molar-refractivity contribution in [2.24, 2.45) is 0 Å². The Balaban J connectivity index is 1.61. The van der Waals surface area contributed by atoms with Crippen LogP contribution in [-0.4, -0.2) is 16.9 Å². The maximum Gasteiger partial charge on any atom is 0.244 e. The van der Waals surface area contributed by atoms with Gasteiger partial charge in [-0.05, 0) is 78.8 Å². The first-order valence-electron chi connectivity index (χ1n) is 10.6. The summed E-state index contributed by atoms with van der Waals surface area (Å²) in [5.74, 6) is -0.855. The number of halogens is 2. The summed E-state index contributed by atoms with van der Waals surface area (Å²) in [4.78, 5) is 16.4. The molecule has 0 aliphatic rings. The summed E-state index contributed by atoms with van der Waals surface area (Å²) in [6.45, 7) is 1.98. The van der Waals surface area contributed by atoms with Crippen molar-refractivity contribution in [1.82, 2.24) is 10.3 Å². The molecule has 1 heterocycles. The van der Waals surface area contributed by atoms with E-state index in [1.54, 1.807) is 42.6 Å². The van der Waals surface area contributed by atoms with Gasteiger partial charge in [0.15, 0.2) is 0 Å². The third-order valence-electron chi connectivity index (χ3n) is 5.03. The number of benzene rings is 2. The van der Waals surface area contributed by atoms with E-state index < -0.39 is 0 Å². The van der Waals surface area contributed by atoms with Gasteiger partial charge in [-0.15, -0.1) is 0 Å². The molecular formula is C27H26F2N2O. The molecule has 3 rings (SSSR count). The lowest BCUT2D eigenvalue weighted by molar-refractivity contribution is -0.117. The van der Waals surface area contributed by atoms with Gasteiger partial charge >= 0.3 is 0 Å². The molecule has 1 aromatic heterocycles. The molecule has 3 nitrogen and oxygen atoms in total. The zero-order valence-electron chi connectivity index (χ0n) is 18.0. The van der Waals surface area contributed by atoms with Crippen LogP contribution in [0.4, 0.5) is 8.78 Å². The Kier molecular flexibility index (Phi) is 8.44. The number of hydrogen-bond acceptors (Lipinski definition) is 2. The van der Waals surface area contributed by atoms with E-state index in [1.807, 2.05) is 25.3 Å². The molecule has 164 valence electrons. The number of allylic oxidation sites excluding steroid dienone is 2. The number of hydrogen-bond donors (Lipinski definition) is 1. The van der Waals surface area contributed by atoms with Gasteiger partial charge in [-0.2, -0.15) is 0 Å². The Labute approximate surface area is 187 Å². The van der Waals surface area contributed by atoms with Crippen LogP contribution >= 0.6 is 0 Å². The molecule has 1 N–H and O–H groups in total. The van der Waals surface area contributed by atoms with Crippen LogP contribution < -0.4 is 5.32 Å². The molecule has 0 bridgehead atoms. The van der Waals surface area contributed by atoms with E-state index in [1.165, 1.54) is 35.9 Å². The summed E-state index contributed by atoms with van der Waals surface area (Å²) in [6, 6.07) is 16.1. The Morgan fingerprint density at radius 3 is 2.19 bits per heavy atom. The highest BCUT2D eigenvalue weighted by molar-refractivity contribution is 5.89. The zero-order chi connectivity index (χ0) is 22.8. The van der Waals surface area contributed by atoms with Crippen molar-refractivity contribution >= 4 is 11.5 Å². The lowest BCUT2D eigenvalue weighted by Crippen LogP contribution is -2.31. The van der Waals surface area contributed by atoms with Crippen molar-refractivity contribution in [3.8, 4) is 0 Å². The summed E-state index contributed by atoms with van der Waals surface area (Å²) >= 11 is 0. The van der Waals surface area contributed by atoms with E-state index in [9.17, 15) is 13.6 Å². The second-order valence-electron chi connectivity index (χ2n) is 7.62. The molecule has 0 saturated carbocycles. The van der Waals surface area contributed by atoms with Crippen LogP contribution in [0, 0.1) is 11.6 Å². The second-order valence-corrected chi connectivity index (χ2v) is 7.62. The topological polar surface area (TPSA) is 42.0 Å². The lowest BCUT2D eigenvalue weighted by atomic mass is 9.97. The molecule has 0 aliphatic heterocycles. The van der Waals surface area contributed by atoms with Gasteiger partial charge < -0.3 is 5.32 Å². The number of aromatic nitrogens is 1. The SMILES string of the molecule is C[C@@H](CCCc1cccnc1)NC(=O)C=CC=C(c1ccc(F)cc1)c1ccc(F)cc1. The summed E-state index contributed by atoms with van der Waals surface area (Å²) in [7, 11) is 0. The van der Waals surface area contributed by atoms with Gasteiger partial charge in [0, 0.05) is 24.5 Å². The number of carbonyl (C=O) groups excluding carboxylic acids is 1. The number of aryl methyl sites for hydroxylation is 1. The van der Waals surface area contributed by atoms with E-state index in [0.29, 0.717) is 0 Å². The van der Waals surface area contributed by atoms with E-state index in [2.05, 4.69) is 10.3 Å². The highest BCUT2D eigenvalue weighted by Crippen LogP contribution is 2.24. The van der Waals surface area contributed by atoms with E-state index in [4.69, 9.17) is 0 Å². The first-order chi connectivity index (χ1) is 15.5. The quantitative estimate of drug-likeness (QED) is 0.339. The zero-order valence-corrected chi connectivity index (χ0v) is 18.0. The van der Waals surface area contributed by atoms with Crippen molar-refractivity contribution in [3.05, 3.63) is 120 Å². The van der Waals surface area contributed by atoms with Crippen molar-refractivity contribution < 1.29 is 13.6 Å². The van der Waals surface area contributed by atoms with Gasteiger partial charge in [0.25, 0.3) is 0 Å². The molecule has 3 aromatic rings. The van der Waals surface area contributed by atoms with E-state index >= 15 is 0 Å². The first kappa shape index (κ1) is 23.1. The molecule has 0 aliphatic carbocycles. The maximum atomic E-state index is 13.3. The molecule has 0 fully saturated rings. The summed E-state index contributed by atoms with van der Waals surface area (Å²) in [5, 5.41) is 2.96. The first-order valence-corrected chi connectivity index (χ1v) is 10.6. The van der Waals surface area contributed by atoms with Crippen LogP contribution in [0.1, 0.15) is 36.5 Å². The molecule has 0 unspecified atom stereocenters. The normalized spacial score (nSPS) is 11.8. The summed E-state index contributed by atoms with van der Waals surface area (Å²) < 4.78 is 26.7. The number of rotatable bonds is 9. The lowest BCUT2D eigenvalue weighted by Gasteiger charge is -2.12. The van der Waals surface area contributed by atoms with E-state index in [0.717, 1.165) is 36.0 Å². The van der Waals surface area contributed by atoms with Gasteiger partial charge in [-0.3, -0.25) is 9.78 Å². The van der Waals surface area contributed by atoms with Crippen molar-refractivity contribution in [2.45, 2.75) is 32.2 Å². The largest absolute Gasteiger partial charge is 0.350 e. The number of nitrogens with zero attached hydrogens (tertiary/aromatic N) is 1. The summed E-state index contributed by atoms with van der Waals surface area (Å²) in [5.41, 5.74) is 3.49. The van der Waals surface area contributed by atoms with Crippen LogP contribution in [0.5, 0.6) is 0 Å². The molecular weight excluding hydrogens is 406 g/mol. The Hall–Kier alpha value is -3.60. The van der Waals surface area contributed by atoms with Crippen LogP contribution in [-0.2, 0) is 11.2 Å². The predicted molar refractivity (Wildman–Crippen MR) is 124 cm³/mol. The molecule has 2 aromatic carbocycles. The number of nitrogens with one attached hydrogen (secondary N) is 1. The molecule has 32 heavy (non-hydrogen) atoms. The monoisotopic (exact) mass is 432 g/mol. The molecule has 0 saturated heterocycles.